The van der Waals surface area contributed by atoms with Gasteiger partial charge in [-0.3, -0.25) is 9.69 Å². The number of methoxy groups -OCH3 is 1. The first kappa shape index (κ1) is 24.3. The number of benzene rings is 2. The molecule has 0 spiro atoms. The fraction of sp³-hybridized carbons (Fsp3) is 0.464. The third kappa shape index (κ3) is 3.93. The Hall–Kier alpha value is -3.39. The third-order valence-electron chi connectivity index (χ3n) is 7.96. The molecule has 0 bridgehead atoms. The predicted octanol–water partition coefficient (Wildman–Crippen LogP) is 5.02. The number of hydrogen-bond acceptors (Lipinski definition) is 5. The Morgan fingerprint density at radius 3 is 2.56 bits per heavy atom. The van der Waals surface area contributed by atoms with Gasteiger partial charge in [-0.25, -0.2) is 9.78 Å². The number of fused-ring (bicyclic) bond motifs is 3. The average molecular weight is 492 g/mol. The highest BCUT2D eigenvalue weighted by atomic mass is 16.5. The number of amides is 1. The van der Waals surface area contributed by atoms with Crippen molar-refractivity contribution in [2.24, 2.45) is 5.92 Å². The van der Waals surface area contributed by atoms with Crippen LogP contribution in [0.4, 0.5) is 10.5 Å². The number of anilines is 1. The van der Waals surface area contributed by atoms with Crippen LogP contribution in [0.25, 0.3) is 11.0 Å². The van der Waals surface area contributed by atoms with Gasteiger partial charge in [-0.15, -0.1) is 0 Å². The average Bonchev–Trinajstić information content (AvgIpc) is 3.29. The Morgan fingerprint density at radius 1 is 1.11 bits per heavy atom. The fourth-order valence-corrected chi connectivity index (χ4v) is 6.00. The Labute approximate surface area is 210 Å². The lowest BCUT2D eigenvalue weighted by atomic mass is 9.85. The third-order valence-corrected chi connectivity index (χ3v) is 7.96. The van der Waals surface area contributed by atoms with Crippen molar-refractivity contribution in [2.45, 2.75) is 70.1 Å². The fourth-order valence-electron chi connectivity index (χ4n) is 6.00. The van der Waals surface area contributed by atoms with Crippen molar-refractivity contribution in [1.82, 2.24) is 9.55 Å². The van der Waals surface area contributed by atoms with Crippen molar-refractivity contribution >= 4 is 28.8 Å². The smallest absolute Gasteiger partial charge is 0.414 e. The van der Waals surface area contributed by atoms with E-state index in [1.54, 1.807) is 11.8 Å². The van der Waals surface area contributed by atoms with E-state index in [0.29, 0.717) is 24.2 Å². The summed E-state index contributed by atoms with van der Waals surface area (Å²) in [6, 6.07) is 13.2. The number of carbonyl (C=O) groups is 2. The van der Waals surface area contributed by atoms with Gasteiger partial charge in [0.15, 0.2) is 0 Å². The van der Waals surface area contributed by atoms with Crippen LogP contribution in [0.5, 0.6) is 0 Å². The van der Waals surface area contributed by atoms with Gasteiger partial charge in [0.1, 0.15) is 11.4 Å². The first-order valence-electron chi connectivity index (χ1n) is 12.7. The number of carboxylic acids is 1. The second-order valence-corrected chi connectivity index (χ2v) is 10.3. The highest BCUT2D eigenvalue weighted by Gasteiger charge is 2.39. The van der Waals surface area contributed by atoms with E-state index in [9.17, 15) is 19.8 Å². The molecular weight excluding hydrogens is 458 g/mol. The van der Waals surface area contributed by atoms with E-state index in [2.05, 4.69) is 4.57 Å². The van der Waals surface area contributed by atoms with Crippen LogP contribution in [0.2, 0.25) is 0 Å². The van der Waals surface area contributed by atoms with Crippen LogP contribution < -0.4 is 4.90 Å². The summed E-state index contributed by atoms with van der Waals surface area (Å²) in [4.78, 5) is 31.2. The van der Waals surface area contributed by atoms with E-state index in [0.717, 1.165) is 48.0 Å². The maximum Gasteiger partial charge on any atom is 0.414 e. The topological polar surface area (TPSA) is 105 Å². The minimum atomic E-state index is -1.40. The number of hydrogen-bond donors (Lipinski definition) is 2. The van der Waals surface area contributed by atoms with E-state index in [-0.39, 0.29) is 12.1 Å². The van der Waals surface area contributed by atoms with Crippen LogP contribution in [0, 0.1) is 5.92 Å². The van der Waals surface area contributed by atoms with Gasteiger partial charge in [0, 0.05) is 17.6 Å². The van der Waals surface area contributed by atoms with Gasteiger partial charge in [-0.1, -0.05) is 36.8 Å². The molecule has 1 aliphatic carbocycles. The molecule has 5 rings (SSSR count). The van der Waals surface area contributed by atoms with Crippen molar-refractivity contribution in [1.29, 1.82) is 0 Å². The minimum Gasteiger partial charge on any atom is -0.481 e. The summed E-state index contributed by atoms with van der Waals surface area (Å²) in [6.07, 6.45) is 3.86. The van der Waals surface area contributed by atoms with Gasteiger partial charge in [0.25, 0.3) is 0 Å². The van der Waals surface area contributed by atoms with E-state index >= 15 is 0 Å². The number of rotatable bonds is 4. The Kier molecular flexibility index (Phi) is 6.24. The minimum absolute atomic E-state index is 0.00829. The molecule has 1 aliphatic heterocycles. The van der Waals surface area contributed by atoms with E-state index in [1.165, 1.54) is 7.11 Å². The lowest BCUT2D eigenvalue weighted by molar-refractivity contribution is -0.143. The molecule has 0 saturated heterocycles. The molecule has 4 atom stereocenters. The first-order valence-corrected chi connectivity index (χ1v) is 12.7. The second kappa shape index (κ2) is 9.24. The molecule has 0 radical (unpaired) electrons. The summed E-state index contributed by atoms with van der Waals surface area (Å²) in [5.74, 6) is -0.707. The zero-order chi connectivity index (χ0) is 25.6. The summed E-state index contributed by atoms with van der Waals surface area (Å²) in [5.41, 5.74) is 2.65. The van der Waals surface area contributed by atoms with Crippen molar-refractivity contribution in [3.05, 3.63) is 59.4 Å². The number of aryl methyl sites for hydroxylation is 1. The Morgan fingerprint density at radius 2 is 1.86 bits per heavy atom. The number of nitrogens with zero attached hydrogens (tertiary/aromatic N) is 3. The number of aromatic nitrogens is 2. The maximum atomic E-state index is 12.6. The molecule has 1 saturated carbocycles. The highest BCUT2D eigenvalue weighted by Crippen LogP contribution is 2.43. The Bertz CT molecular complexity index is 1300. The zero-order valence-electron chi connectivity index (χ0n) is 21.0. The van der Waals surface area contributed by atoms with Gasteiger partial charge in [-0.05, 0) is 63.6 Å². The number of aliphatic carboxylic acids is 1. The summed E-state index contributed by atoms with van der Waals surface area (Å²) >= 11 is 0. The van der Waals surface area contributed by atoms with Crippen molar-refractivity contribution in [2.75, 3.05) is 12.0 Å². The number of ether oxygens (including phenoxy) is 1. The zero-order valence-corrected chi connectivity index (χ0v) is 21.0. The monoisotopic (exact) mass is 491 g/mol. The van der Waals surface area contributed by atoms with Crippen molar-refractivity contribution in [3.63, 3.8) is 0 Å². The number of carboxylic acid groups (broad SMARTS) is 1. The van der Waals surface area contributed by atoms with Crippen molar-refractivity contribution < 1.29 is 24.5 Å². The summed E-state index contributed by atoms with van der Waals surface area (Å²) < 4.78 is 7.13. The molecule has 2 aliphatic rings. The van der Waals surface area contributed by atoms with Gasteiger partial charge >= 0.3 is 12.1 Å². The summed E-state index contributed by atoms with van der Waals surface area (Å²) in [5, 5.41) is 21.6. The first-order chi connectivity index (χ1) is 17.2. The molecule has 2 heterocycles. The molecule has 2 N–H and O–H groups in total. The highest BCUT2D eigenvalue weighted by molar-refractivity contribution is 5.95. The normalized spacial score (nSPS) is 23.7. The SMILES string of the molecule is COC(=O)N1c2ccc3c(nc(C(C)(O)c4ccccc4)n3C3CCCC(C(=O)O)C3)c2CC[C@@H]1C. The Balaban J connectivity index is 1.73. The lowest BCUT2D eigenvalue weighted by Gasteiger charge is -2.34. The molecule has 1 amide bonds. The van der Waals surface area contributed by atoms with E-state index in [4.69, 9.17) is 9.72 Å². The molecule has 1 fully saturated rings. The van der Waals surface area contributed by atoms with Crippen LogP contribution in [-0.2, 0) is 21.6 Å². The standard InChI is InChI=1S/C28H33N3O5/c1-17-12-13-21-22(30(17)27(34)36-3)14-15-23-24(21)29-26(28(2,35)19-9-5-4-6-10-19)31(23)20-11-7-8-18(16-20)25(32)33/h4-6,9-10,14-15,17-18,20,35H,7-8,11-13,16H2,1-3H3,(H,32,33)/t17-,18?,20?,28?/m0/s1. The molecular formula is C28H33N3O5. The second-order valence-electron chi connectivity index (χ2n) is 10.3. The van der Waals surface area contributed by atoms with Crippen LogP contribution in [0.1, 0.15) is 68.9 Å². The van der Waals surface area contributed by atoms with Crippen molar-refractivity contribution in [3.8, 4) is 0 Å². The maximum absolute atomic E-state index is 12.6. The van der Waals surface area contributed by atoms with Gasteiger partial charge < -0.3 is 19.5 Å². The molecule has 3 aromatic rings. The quantitative estimate of drug-likeness (QED) is 0.531. The molecule has 8 nitrogen and oxygen atoms in total. The number of aliphatic hydroxyl groups is 1. The number of carbonyl (C=O) groups excluding carboxylic acids is 1. The largest absolute Gasteiger partial charge is 0.481 e. The molecule has 3 unspecified atom stereocenters. The van der Waals surface area contributed by atoms with Gasteiger partial charge in [-0.2, -0.15) is 0 Å². The molecule has 1 aromatic heterocycles. The molecule has 2 aromatic carbocycles. The van der Waals surface area contributed by atoms with Crippen LogP contribution in [0.15, 0.2) is 42.5 Å². The van der Waals surface area contributed by atoms with Crippen LogP contribution in [-0.4, -0.2) is 45.0 Å². The predicted molar refractivity (Wildman–Crippen MR) is 136 cm³/mol. The molecule has 8 heteroatoms. The summed E-state index contributed by atoms with van der Waals surface area (Å²) in [6.45, 7) is 3.75. The van der Waals surface area contributed by atoms with Crippen LogP contribution >= 0.6 is 0 Å². The lowest BCUT2D eigenvalue weighted by Crippen LogP contribution is -2.42. The van der Waals surface area contributed by atoms with Crippen LogP contribution in [0.3, 0.4) is 0 Å². The van der Waals surface area contributed by atoms with Gasteiger partial charge in [0.2, 0.25) is 0 Å². The summed E-state index contributed by atoms with van der Waals surface area (Å²) in [7, 11) is 1.38. The van der Waals surface area contributed by atoms with Gasteiger partial charge in [0.05, 0.1) is 29.7 Å². The molecule has 190 valence electrons. The van der Waals surface area contributed by atoms with E-state index < -0.39 is 23.6 Å². The molecule has 36 heavy (non-hydrogen) atoms. The number of imidazole rings is 1. The van der Waals surface area contributed by atoms with E-state index in [1.807, 2.05) is 49.4 Å².